The van der Waals surface area contributed by atoms with E-state index in [4.69, 9.17) is 0 Å². The van der Waals surface area contributed by atoms with Gasteiger partial charge in [-0.05, 0) is 35.5 Å². The largest absolute Gasteiger partial charge is 3.00 e. The van der Waals surface area contributed by atoms with Gasteiger partial charge in [0.2, 0.25) is 0 Å². The number of rotatable bonds is 15. The third-order valence-electron chi connectivity index (χ3n) is 10.1. The van der Waals surface area contributed by atoms with Crippen molar-refractivity contribution < 1.29 is 29.7 Å². The summed E-state index contributed by atoms with van der Waals surface area (Å²) in [5.74, 6) is -2.85. The minimum atomic E-state index is -0.950. The predicted octanol–water partition coefficient (Wildman–Crippen LogP) is 5.56. The van der Waals surface area contributed by atoms with E-state index in [1.54, 1.807) is 41.5 Å². The van der Waals surface area contributed by atoms with Crippen molar-refractivity contribution in [1.29, 1.82) is 0 Å². The Labute approximate surface area is 267 Å². The van der Waals surface area contributed by atoms with Crippen molar-refractivity contribution in [3.63, 3.8) is 0 Å². The van der Waals surface area contributed by atoms with Gasteiger partial charge in [0.05, 0.1) is 0 Å². The Morgan fingerprint density at radius 3 is 0.675 bits per heavy atom. The zero-order valence-electron chi connectivity index (χ0n) is 28.8. The van der Waals surface area contributed by atoms with Gasteiger partial charge in [-0.15, -0.1) is 0 Å². The van der Waals surface area contributed by atoms with Crippen molar-refractivity contribution >= 4 is 44.1 Å². The van der Waals surface area contributed by atoms with Crippen molar-refractivity contribution in [1.82, 2.24) is 0 Å². The quantitative estimate of drug-likeness (QED) is 0.202. The Balaban J connectivity index is -0.000000240. The normalized spacial score (nSPS) is 12.7. The number of carbonyl (C=O) groups is 3. The minimum Gasteiger partial charge on any atom is -0.550 e. The molecule has 0 aliphatic carbocycles. The summed E-state index contributed by atoms with van der Waals surface area (Å²) in [6, 6.07) is 0. The molecule has 0 rings (SSSR count). The number of carboxylic acid groups (broad SMARTS) is 3. The van der Waals surface area contributed by atoms with Crippen LogP contribution in [0.5, 0.6) is 0 Å². The molecule has 2 radical (unpaired) electrons. The van der Waals surface area contributed by atoms with Crippen LogP contribution in [0, 0.1) is 32.5 Å². The number of hydrogen-bond donors (Lipinski definition) is 0. The molecular weight excluding hydrogens is 701 g/mol. The van der Waals surface area contributed by atoms with E-state index < -0.39 is 34.2 Å². The second-order valence-corrected chi connectivity index (χ2v) is 14.7. The van der Waals surface area contributed by atoms with Gasteiger partial charge in [0, 0.05) is 34.2 Å². The Morgan fingerprint density at radius 1 is 0.425 bits per heavy atom. The molecule has 236 valence electrons. The number of carbonyl (C=O) groups excluding carboxylic acids is 3. The van der Waals surface area contributed by atoms with Gasteiger partial charge in [0.1, 0.15) is 0 Å². The molecule has 0 saturated carbocycles. The summed E-state index contributed by atoms with van der Waals surface area (Å²) in [6.07, 6.45) is 9.34. The van der Waals surface area contributed by atoms with Gasteiger partial charge >= 0.3 is 26.2 Å². The van der Waals surface area contributed by atoms with E-state index in [-0.39, 0.29) is 42.4 Å². The Morgan fingerprint density at radius 2 is 0.575 bits per heavy atom. The van der Waals surface area contributed by atoms with Crippen LogP contribution < -0.4 is 15.3 Å². The molecule has 0 aliphatic heterocycles. The van der Waals surface area contributed by atoms with Crippen LogP contribution in [0.15, 0.2) is 0 Å². The van der Waals surface area contributed by atoms with E-state index in [1.165, 1.54) is 0 Å². The minimum absolute atomic E-state index is 0. The van der Waals surface area contributed by atoms with Crippen LogP contribution in [0.25, 0.3) is 0 Å². The predicted molar refractivity (Wildman–Crippen MR) is 162 cm³/mol. The molecule has 0 spiro atoms. The van der Waals surface area contributed by atoms with E-state index in [9.17, 15) is 29.7 Å². The van der Waals surface area contributed by atoms with Crippen LogP contribution in [-0.2, 0) is 14.4 Å². The topological polar surface area (TPSA) is 120 Å². The van der Waals surface area contributed by atoms with Gasteiger partial charge in [-0.25, -0.2) is 0 Å². The smallest absolute Gasteiger partial charge is 0.550 e. The first-order valence-electron chi connectivity index (χ1n) is 14.9. The Hall–Kier alpha value is -0.707. The third-order valence-corrected chi connectivity index (χ3v) is 10.1. The van der Waals surface area contributed by atoms with E-state index in [1.807, 2.05) is 41.5 Å². The van der Waals surface area contributed by atoms with Crippen LogP contribution in [-0.4, -0.2) is 44.1 Å². The standard InChI is InChI=1S/3C11H22O2.Bi/c3*1-6-7-8-10(2,3)11(4,5)9(12)13;/h3*6-8H2,1-5H3,(H,12,13);/q;;;+3/p-3. The molecule has 40 heavy (non-hydrogen) atoms. The second-order valence-electron chi connectivity index (χ2n) is 14.7. The van der Waals surface area contributed by atoms with E-state index >= 15 is 0 Å². The molecular formula is C33H63BiO6. The van der Waals surface area contributed by atoms with Gasteiger partial charge in [-0.1, -0.05) is 142 Å². The van der Waals surface area contributed by atoms with Crippen molar-refractivity contribution in [3.8, 4) is 0 Å². The maximum absolute atomic E-state index is 10.9. The zero-order valence-corrected chi connectivity index (χ0v) is 32.2. The molecule has 0 saturated heterocycles. The Kier molecular flexibility index (Phi) is 21.7. The average Bonchev–Trinajstić information content (AvgIpc) is 2.80. The summed E-state index contributed by atoms with van der Waals surface area (Å²) in [5.41, 5.74) is -2.82. The maximum atomic E-state index is 10.9. The second kappa shape index (κ2) is 18.8. The average molecular weight is 765 g/mol. The first kappa shape index (κ1) is 46.3. The van der Waals surface area contributed by atoms with Crippen molar-refractivity contribution in [3.05, 3.63) is 0 Å². The molecule has 0 bridgehead atoms. The van der Waals surface area contributed by atoms with Gasteiger partial charge in [-0.3, -0.25) is 0 Å². The van der Waals surface area contributed by atoms with Crippen molar-refractivity contribution in [2.45, 2.75) is 162 Å². The Bertz CT molecular complexity index is 648. The first-order chi connectivity index (χ1) is 17.3. The molecule has 0 heterocycles. The summed E-state index contributed by atoms with van der Waals surface area (Å²) < 4.78 is 0. The van der Waals surface area contributed by atoms with Crippen molar-refractivity contribution in [2.75, 3.05) is 0 Å². The monoisotopic (exact) mass is 764 g/mol. The molecule has 7 heteroatoms. The molecule has 0 unspecified atom stereocenters. The summed E-state index contributed by atoms with van der Waals surface area (Å²) in [4.78, 5) is 32.8. The molecule has 0 aliphatic rings. The van der Waals surface area contributed by atoms with Crippen LogP contribution in [0.2, 0.25) is 0 Å². The fourth-order valence-corrected chi connectivity index (χ4v) is 3.62. The molecule has 6 nitrogen and oxygen atoms in total. The third kappa shape index (κ3) is 14.0. The molecule has 0 N–H and O–H groups in total. The summed E-state index contributed by atoms with van der Waals surface area (Å²) >= 11 is 0. The number of hydrogen-bond acceptors (Lipinski definition) is 6. The maximum Gasteiger partial charge on any atom is 3.00 e. The van der Waals surface area contributed by atoms with Gasteiger partial charge in [0.15, 0.2) is 0 Å². The fraction of sp³-hybridized carbons (Fsp3) is 0.909. The van der Waals surface area contributed by atoms with Gasteiger partial charge < -0.3 is 29.7 Å². The van der Waals surface area contributed by atoms with Gasteiger partial charge in [0.25, 0.3) is 0 Å². The van der Waals surface area contributed by atoms with Crippen LogP contribution in [0.3, 0.4) is 0 Å². The van der Waals surface area contributed by atoms with E-state index in [2.05, 4.69) is 20.8 Å². The molecule has 0 amide bonds. The summed E-state index contributed by atoms with van der Waals surface area (Å²) in [5, 5.41) is 32.8. The van der Waals surface area contributed by atoms with Crippen molar-refractivity contribution in [2.24, 2.45) is 32.5 Å². The first-order valence-corrected chi connectivity index (χ1v) is 14.9. The number of carboxylic acids is 3. The number of unbranched alkanes of at least 4 members (excludes halogenated alkanes) is 3. The van der Waals surface area contributed by atoms with Crippen LogP contribution in [0.1, 0.15) is 162 Å². The molecule has 0 fully saturated rings. The van der Waals surface area contributed by atoms with Crippen LogP contribution in [0.4, 0.5) is 0 Å². The van der Waals surface area contributed by atoms with Gasteiger partial charge in [-0.2, -0.15) is 0 Å². The van der Waals surface area contributed by atoms with Crippen LogP contribution >= 0.6 is 0 Å². The SMILES string of the molecule is CCCCC(C)(C)C(C)(C)C(=O)[O-].CCCCC(C)(C)C(C)(C)C(=O)[O-].CCCCC(C)(C)C(C)(C)C(=O)[O-].[Bi+3]. The molecule has 0 aromatic heterocycles. The van der Waals surface area contributed by atoms with E-state index in [0.717, 1.165) is 57.8 Å². The molecule has 0 aromatic rings. The summed E-state index contributed by atoms with van der Waals surface area (Å²) in [6.45, 7) is 28.8. The zero-order chi connectivity index (χ0) is 32.1. The fourth-order valence-electron chi connectivity index (χ4n) is 3.62. The van der Waals surface area contributed by atoms with E-state index in [0.29, 0.717) is 0 Å². The summed E-state index contributed by atoms with van der Waals surface area (Å²) in [7, 11) is 0. The molecule has 0 aromatic carbocycles. The number of aliphatic carboxylic acids is 3. The molecule has 0 atom stereocenters.